The Kier molecular flexibility index (Phi) is 6.96. The lowest BCUT2D eigenvalue weighted by Crippen LogP contribution is -2.66. The lowest BCUT2D eigenvalue weighted by atomic mass is 9.32. The number of carbonyl (C=O) groups is 2. The van der Waals surface area contributed by atoms with Crippen LogP contribution in [-0.2, 0) is 9.53 Å². The van der Waals surface area contributed by atoms with Gasteiger partial charge in [0.15, 0.2) is 0 Å². The number of aldehydes is 1. The molecule has 0 spiro atoms. The summed E-state index contributed by atoms with van der Waals surface area (Å²) >= 11 is 0. The molecule has 10 atom stereocenters. The fourth-order valence-electron chi connectivity index (χ4n) is 12.3. The lowest BCUT2D eigenvalue weighted by Gasteiger charge is -2.73. The largest absolute Gasteiger partial charge is 0.448 e. The molecule has 0 radical (unpaired) electrons. The Morgan fingerprint density at radius 2 is 1.78 bits per heavy atom. The number of hydrogen-bond acceptors (Lipinski definition) is 5. The molecule has 1 aromatic heterocycles. The molecule has 0 saturated heterocycles. The number of aliphatic hydroxyl groups excluding tert-OH is 1. The van der Waals surface area contributed by atoms with E-state index in [2.05, 4.69) is 46.2 Å². The highest BCUT2D eigenvalue weighted by atomic mass is 16.5. The number of allylic oxidation sites excluding steroid dienone is 1. The van der Waals surface area contributed by atoms with Crippen molar-refractivity contribution in [2.75, 3.05) is 6.61 Å². The summed E-state index contributed by atoms with van der Waals surface area (Å²) in [5, 5.41) is 11.0. The summed E-state index contributed by atoms with van der Waals surface area (Å²) in [6, 6.07) is 0. The van der Waals surface area contributed by atoms with Crippen molar-refractivity contribution in [1.29, 1.82) is 0 Å². The highest BCUT2D eigenvalue weighted by Crippen LogP contribution is 2.77. The molecule has 1 N–H and O–H groups in total. The molecule has 0 aliphatic heterocycles. The first-order valence-electron chi connectivity index (χ1n) is 16.3. The fraction of sp³-hybridized carbons (Fsp3) is 0.800. The van der Waals surface area contributed by atoms with Gasteiger partial charge < -0.3 is 14.6 Å². The van der Waals surface area contributed by atoms with Crippen LogP contribution in [0.25, 0.3) is 0 Å². The average molecular weight is 565 g/mol. The van der Waals surface area contributed by atoms with Crippen LogP contribution in [0.5, 0.6) is 0 Å². The number of aromatic nitrogens is 2. The quantitative estimate of drug-likeness (QED) is 0.297. The summed E-state index contributed by atoms with van der Waals surface area (Å²) in [6.07, 6.45) is 16.7. The molecule has 0 unspecified atom stereocenters. The molecule has 226 valence electrons. The van der Waals surface area contributed by atoms with Gasteiger partial charge in [0.05, 0.1) is 12.7 Å². The van der Waals surface area contributed by atoms with E-state index in [9.17, 15) is 14.7 Å². The van der Waals surface area contributed by atoms with Crippen LogP contribution in [0.3, 0.4) is 0 Å². The van der Waals surface area contributed by atoms with Crippen molar-refractivity contribution >= 4 is 12.4 Å². The van der Waals surface area contributed by atoms with Crippen molar-refractivity contribution in [1.82, 2.24) is 9.55 Å². The molecule has 0 aromatic carbocycles. The average Bonchev–Trinajstić information content (AvgIpc) is 3.60. The van der Waals surface area contributed by atoms with E-state index in [1.807, 2.05) is 0 Å². The maximum Gasteiger partial charge on any atom is 0.419 e. The first-order valence-corrected chi connectivity index (χ1v) is 16.3. The number of fused-ring (bicyclic) bond motifs is 7. The Morgan fingerprint density at radius 3 is 2.49 bits per heavy atom. The number of nitrogens with zero attached hydrogens (tertiary/aromatic N) is 2. The fourth-order valence-corrected chi connectivity index (χ4v) is 12.3. The monoisotopic (exact) mass is 564 g/mol. The van der Waals surface area contributed by atoms with Gasteiger partial charge in [-0.1, -0.05) is 46.8 Å². The summed E-state index contributed by atoms with van der Waals surface area (Å²) in [4.78, 5) is 28.5. The third-order valence-electron chi connectivity index (χ3n) is 14.7. The van der Waals surface area contributed by atoms with Gasteiger partial charge in [-0.2, -0.15) is 0 Å². The van der Waals surface area contributed by atoms with E-state index >= 15 is 0 Å². The number of rotatable bonds is 5. The molecule has 6 nitrogen and oxygen atoms in total. The van der Waals surface area contributed by atoms with Gasteiger partial charge in [-0.05, 0) is 115 Å². The van der Waals surface area contributed by atoms with Crippen LogP contribution in [0, 0.1) is 56.7 Å². The zero-order chi connectivity index (χ0) is 29.4. The zero-order valence-electron chi connectivity index (χ0n) is 26.0. The number of hydrogen-bond donors (Lipinski definition) is 1. The van der Waals surface area contributed by atoms with Crippen LogP contribution in [0.1, 0.15) is 105 Å². The van der Waals surface area contributed by atoms with Crippen molar-refractivity contribution in [2.45, 2.75) is 111 Å². The molecule has 5 fully saturated rings. The second-order valence-electron chi connectivity index (χ2n) is 16.1. The molecular weight excluding hydrogens is 512 g/mol. The van der Waals surface area contributed by atoms with E-state index in [4.69, 9.17) is 4.74 Å². The van der Waals surface area contributed by atoms with E-state index in [1.165, 1.54) is 36.6 Å². The van der Waals surface area contributed by atoms with E-state index in [-0.39, 0.29) is 39.3 Å². The summed E-state index contributed by atoms with van der Waals surface area (Å²) < 4.78 is 7.46. The summed E-state index contributed by atoms with van der Waals surface area (Å²) in [7, 11) is 0. The van der Waals surface area contributed by atoms with Gasteiger partial charge in [0.25, 0.3) is 0 Å². The van der Waals surface area contributed by atoms with Gasteiger partial charge in [-0.15, -0.1) is 0 Å². The predicted molar refractivity (Wildman–Crippen MR) is 159 cm³/mol. The SMILES string of the molecule is C=C(CC=O)[C@@H]1CC[C@]2(COC(=O)n3ccnc3)CC[C@]3(C)[C@H](CC[C@@H]4[C@@]5(C)CC[C@H](O)C(C)(C)[C@@H]5CC[C@]43C)[C@@H]12. The molecule has 1 heterocycles. The Bertz CT molecular complexity index is 1190. The maximum absolute atomic E-state index is 12.9. The van der Waals surface area contributed by atoms with Crippen LogP contribution in [0.2, 0.25) is 0 Å². The molecule has 6 rings (SSSR count). The highest BCUT2D eigenvalue weighted by molar-refractivity contribution is 5.70. The van der Waals surface area contributed by atoms with Crippen molar-refractivity contribution in [3.05, 3.63) is 30.9 Å². The lowest BCUT2D eigenvalue weighted by molar-refractivity contribution is -0.249. The molecule has 1 aromatic rings. The normalized spacial score (nSPS) is 46.4. The smallest absolute Gasteiger partial charge is 0.419 e. The van der Waals surface area contributed by atoms with E-state index in [1.54, 1.807) is 12.4 Å². The number of carbonyl (C=O) groups excluding carboxylic acids is 2. The first-order chi connectivity index (χ1) is 19.3. The number of imidazole rings is 1. The van der Waals surface area contributed by atoms with Gasteiger partial charge in [0, 0.05) is 24.2 Å². The zero-order valence-corrected chi connectivity index (χ0v) is 26.0. The van der Waals surface area contributed by atoms with Gasteiger partial charge >= 0.3 is 6.09 Å². The third kappa shape index (κ3) is 4.01. The molecule has 5 aliphatic rings. The summed E-state index contributed by atoms with van der Waals surface area (Å²) in [5.41, 5.74) is 1.60. The minimum Gasteiger partial charge on any atom is -0.448 e. The van der Waals surface area contributed by atoms with E-state index < -0.39 is 0 Å². The highest BCUT2D eigenvalue weighted by Gasteiger charge is 2.71. The molecule has 0 bridgehead atoms. The van der Waals surface area contributed by atoms with Gasteiger partial charge in [0.1, 0.15) is 12.6 Å². The molecule has 5 aliphatic carbocycles. The third-order valence-corrected chi connectivity index (χ3v) is 14.7. The Labute approximate surface area is 246 Å². The van der Waals surface area contributed by atoms with Crippen LogP contribution >= 0.6 is 0 Å². The molecule has 0 amide bonds. The minimum atomic E-state index is -0.358. The topological polar surface area (TPSA) is 81.4 Å². The van der Waals surface area contributed by atoms with Crippen molar-refractivity contribution in [3.8, 4) is 0 Å². The number of ether oxygens (including phenoxy) is 1. The Morgan fingerprint density at radius 1 is 1.00 bits per heavy atom. The Balaban J connectivity index is 1.34. The molecule has 6 heteroatoms. The summed E-state index contributed by atoms with van der Waals surface area (Å²) in [5.74, 6) is 2.38. The standard InChI is InChI=1S/C35H52N2O4/c1-23(12-20-38)24-9-15-35(21-41-30(40)37-19-18-36-22-37)17-16-33(5)25(29(24)35)7-8-27-32(4)13-11-28(39)31(2,3)26(32)10-14-34(27,33)6/h18-20,22,24-29,39H,1,7-17,21H2,2-6H3/t24-,25+,26-,27+,28-,29+,32-,33+,34+,35+/m0/s1. The van der Waals surface area contributed by atoms with Crippen LogP contribution in [-0.4, -0.2) is 39.7 Å². The minimum absolute atomic E-state index is 0.0456. The maximum atomic E-state index is 12.9. The van der Waals surface area contributed by atoms with E-state index in [0.717, 1.165) is 50.4 Å². The summed E-state index contributed by atoms with van der Waals surface area (Å²) in [6.45, 7) is 17.3. The number of aliphatic hydroxyl groups is 1. The van der Waals surface area contributed by atoms with Crippen LogP contribution < -0.4 is 0 Å². The first kappa shape index (κ1) is 29.1. The van der Waals surface area contributed by atoms with E-state index in [0.29, 0.717) is 42.6 Å². The molecule has 5 saturated carbocycles. The van der Waals surface area contributed by atoms with Crippen molar-refractivity contribution in [3.63, 3.8) is 0 Å². The van der Waals surface area contributed by atoms with Gasteiger partial charge in [-0.3, -0.25) is 0 Å². The molecule has 41 heavy (non-hydrogen) atoms. The predicted octanol–water partition coefficient (Wildman–Crippen LogP) is 7.46. The van der Waals surface area contributed by atoms with Crippen LogP contribution in [0.4, 0.5) is 4.79 Å². The van der Waals surface area contributed by atoms with Crippen molar-refractivity contribution < 1.29 is 19.4 Å². The molecular formula is C35H52N2O4. The second kappa shape index (κ2) is 9.79. The van der Waals surface area contributed by atoms with Crippen molar-refractivity contribution in [2.24, 2.45) is 56.7 Å². The van der Waals surface area contributed by atoms with Gasteiger partial charge in [0.2, 0.25) is 0 Å². The van der Waals surface area contributed by atoms with Crippen LogP contribution in [0.15, 0.2) is 30.9 Å². The Hall–Kier alpha value is -1.95. The second-order valence-corrected chi connectivity index (χ2v) is 16.1. The van der Waals surface area contributed by atoms with Gasteiger partial charge in [-0.25, -0.2) is 14.3 Å².